The van der Waals surface area contributed by atoms with Gasteiger partial charge in [0.1, 0.15) is 11.6 Å². The van der Waals surface area contributed by atoms with Crippen molar-refractivity contribution in [2.75, 3.05) is 43.5 Å². The van der Waals surface area contributed by atoms with E-state index in [9.17, 15) is 18.0 Å². The van der Waals surface area contributed by atoms with Gasteiger partial charge in [-0.3, -0.25) is 4.79 Å². The maximum absolute atomic E-state index is 14.0. The average molecular weight is 486 g/mol. The van der Waals surface area contributed by atoms with Gasteiger partial charge in [-0.05, 0) is 29.8 Å². The minimum atomic E-state index is -4.50. The molecule has 10 heteroatoms. The second-order valence-corrected chi connectivity index (χ2v) is 8.74. The molecule has 0 bridgehead atoms. The predicted molar refractivity (Wildman–Crippen MR) is 126 cm³/mol. The van der Waals surface area contributed by atoms with Crippen molar-refractivity contribution >= 4 is 17.4 Å². The Morgan fingerprint density at radius 1 is 1.03 bits per heavy atom. The van der Waals surface area contributed by atoms with Gasteiger partial charge in [0, 0.05) is 44.4 Å². The lowest BCUT2D eigenvalue weighted by atomic mass is 9.97. The van der Waals surface area contributed by atoms with Crippen molar-refractivity contribution in [3.05, 3.63) is 71.9 Å². The molecule has 3 heterocycles. The molecule has 0 saturated carbocycles. The van der Waals surface area contributed by atoms with Gasteiger partial charge in [0.25, 0.3) is 5.91 Å². The molecule has 1 N–H and O–H groups in total. The Bertz CT molecular complexity index is 1170. The third-order valence-corrected chi connectivity index (χ3v) is 6.62. The number of methoxy groups -OCH3 is 1. The average Bonchev–Trinajstić information content (AvgIpc) is 3.32. The van der Waals surface area contributed by atoms with Crippen LogP contribution in [0.4, 0.5) is 24.7 Å². The van der Waals surface area contributed by atoms with Gasteiger partial charge in [0.05, 0.1) is 13.2 Å². The van der Waals surface area contributed by atoms with E-state index in [1.54, 1.807) is 29.2 Å². The van der Waals surface area contributed by atoms with Crippen LogP contribution in [0.15, 0.2) is 60.7 Å². The maximum atomic E-state index is 14.0. The van der Waals surface area contributed by atoms with Crippen LogP contribution in [0.25, 0.3) is 0 Å². The van der Waals surface area contributed by atoms with Gasteiger partial charge in [-0.1, -0.05) is 30.3 Å². The molecule has 5 rings (SSSR count). The van der Waals surface area contributed by atoms with E-state index in [2.05, 4.69) is 15.3 Å². The van der Waals surface area contributed by atoms with E-state index in [1.807, 2.05) is 30.3 Å². The first kappa shape index (κ1) is 23.1. The first-order valence-electron chi connectivity index (χ1n) is 11.5. The highest BCUT2D eigenvalue weighted by atomic mass is 19.4. The van der Waals surface area contributed by atoms with Crippen LogP contribution in [-0.4, -0.2) is 60.1 Å². The standard InChI is InChI=1S/C25H26F3N5O2/c1-35-19-9-7-17(8-10-19)20-15-22(25(26,27)28)33-23(29-20)16-21(30-33)24(34)32-13-11-31(12-14-32)18-5-3-2-4-6-18/h2-10,16,20,22,29H,11-15H2,1H3/t20-,22-/m1/s1. The number of amides is 1. The van der Waals surface area contributed by atoms with Gasteiger partial charge in [0.2, 0.25) is 0 Å². The van der Waals surface area contributed by atoms with Crippen molar-refractivity contribution in [3.8, 4) is 5.75 Å². The molecule has 2 aromatic carbocycles. The second-order valence-electron chi connectivity index (χ2n) is 8.74. The van der Waals surface area contributed by atoms with Crippen molar-refractivity contribution < 1.29 is 22.7 Å². The number of fused-ring (bicyclic) bond motifs is 1. The first-order chi connectivity index (χ1) is 16.8. The van der Waals surface area contributed by atoms with E-state index in [0.29, 0.717) is 37.5 Å². The van der Waals surface area contributed by atoms with Crippen LogP contribution < -0.4 is 15.0 Å². The van der Waals surface area contributed by atoms with E-state index in [0.717, 1.165) is 10.4 Å². The van der Waals surface area contributed by atoms with Crippen LogP contribution in [0.1, 0.15) is 34.6 Å². The smallest absolute Gasteiger partial charge is 0.410 e. The zero-order valence-corrected chi connectivity index (χ0v) is 19.2. The number of piperazine rings is 1. The Balaban J connectivity index is 1.34. The quantitative estimate of drug-likeness (QED) is 0.589. The molecule has 0 aliphatic carbocycles. The summed E-state index contributed by atoms with van der Waals surface area (Å²) in [6, 6.07) is 15.9. The fraction of sp³-hybridized carbons (Fsp3) is 0.360. The number of ether oxygens (including phenoxy) is 1. The summed E-state index contributed by atoms with van der Waals surface area (Å²) in [5.41, 5.74) is 1.81. The number of nitrogens with zero attached hydrogens (tertiary/aromatic N) is 4. The van der Waals surface area contributed by atoms with Gasteiger partial charge in [-0.25, -0.2) is 4.68 Å². The van der Waals surface area contributed by atoms with Crippen LogP contribution in [0, 0.1) is 0 Å². The second kappa shape index (κ2) is 9.16. The van der Waals surface area contributed by atoms with Crippen molar-refractivity contribution in [2.24, 2.45) is 0 Å². The fourth-order valence-corrected chi connectivity index (χ4v) is 4.70. The molecule has 1 amide bonds. The lowest BCUT2D eigenvalue weighted by molar-refractivity contribution is -0.173. The number of halogens is 3. The highest BCUT2D eigenvalue weighted by Gasteiger charge is 2.47. The molecule has 1 fully saturated rings. The van der Waals surface area contributed by atoms with Crippen LogP contribution in [0.2, 0.25) is 0 Å². The van der Waals surface area contributed by atoms with E-state index >= 15 is 0 Å². The van der Waals surface area contributed by atoms with E-state index in [-0.39, 0.29) is 23.8 Å². The lowest BCUT2D eigenvalue weighted by Gasteiger charge is -2.35. The molecule has 0 unspecified atom stereocenters. The van der Waals surface area contributed by atoms with Gasteiger partial charge >= 0.3 is 6.18 Å². The molecular weight excluding hydrogens is 459 g/mol. The number of carbonyl (C=O) groups excluding carboxylic acids is 1. The Hall–Kier alpha value is -3.69. The van der Waals surface area contributed by atoms with Gasteiger partial charge in [-0.15, -0.1) is 0 Å². The molecule has 1 aromatic heterocycles. The number of carbonyl (C=O) groups is 1. The van der Waals surface area contributed by atoms with Crippen LogP contribution in [0.3, 0.4) is 0 Å². The zero-order valence-electron chi connectivity index (χ0n) is 19.2. The number of hydrogen-bond donors (Lipinski definition) is 1. The summed E-state index contributed by atoms with van der Waals surface area (Å²) in [5.74, 6) is 0.455. The summed E-state index contributed by atoms with van der Waals surface area (Å²) < 4.78 is 48.0. The largest absolute Gasteiger partial charge is 0.497 e. The summed E-state index contributed by atoms with van der Waals surface area (Å²) in [6.07, 6.45) is -4.73. The van der Waals surface area contributed by atoms with Crippen molar-refractivity contribution in [2.45, 2.75) is 24.7 Å². The first-order valence-corrected chi connectivity index (χ1v) is 11.5. The maximum Gasteiger partial charge on any atom is 0.410 e. The molecule has 35 heavy (non-hydrogen) atoms. The Morgan fingerprint density at radius 3 is 2.34 bits per heavy atom. The van der Waals surface area contributed by atoms with Crippen molar-refractivity contribution in [1.29, 1.82) is 0 Å². The molecule has 7 nitrogen and oxygen atoms in total. The van der Waals surface area contributed by atoms with E-state index < -0.39 is 18.3 Å². The van der Waals surface area contributed by atoms with Crippen LogP contribution in [-0.2, 0) is 0 Å². The molecule has 0 spiro atoms. The number of para-hydroxylation sites is 1. The Kier molecular flexibility index (Phi) is 6.04. The SMILES string of the molecule is COc1ccc([C@H]2C[C@H](C(F)(F)F)n3nc(C(=O)N4CCN(c5ccccc5)CC4)cc3N2)cc1. The third-order valence-electron chi connectivity index (χ3n) is 6.62. The highest BCUT2D eigenvalue weighted by molar-refractivity contribution is 5.93. The van der Waals surface area contributed by atoms with Crippen LogP contribution >= 0.6 is 0 Å². The Labute approximate surface area is 201 Å². The van der Waals surface area contributed by atoms with Gasteiger partial charge < -0.3 is 19.9 Å². The number of anilines is 2. The number of nitrogens with one attached hydrogen (secondary N) is 1. The van der Waals surface area contributed by atoms with E-state index in [4.69, 9.17) is 4.74 Å². The third kappa shape index (κ3) is 4.65. The minimum absolute atomic E-state index is 0.0188. The molecule has 1 saturated heterocycles. The molecule has 0 radical (unpaired) electrons. The predicted octanol–water partition coefficient (Wildman–Crippen LogP) is 4.51. The molecule has 3 aromatic rings. The molecule has 2 atom stereocenters. The molecule has 2 aliphatic rings. The molecule has 184 valence electrons. The number of hydrogen-bond acceptors (Lipinski definition) is 5. The fourth-order valence-electron chi connectivity index (χ4n) is 4.70. The molecule has 2 aliphatic heterocycles. The van der Waals surface area contributed by atoms with Gasteiger partial charge in [-0.2, -0.15) is 18.3 Å². The van der Waals surface area contributed by atoms with Crippen molar-refractivity contribution in [3.63, 3.8) is 0 Å². The zero-order chi connectivity index (χ0) is 24.6. The summed E-state index contributed by atoms with van der Waals surface area (Å²) in [4.78, 5) is 17.0. The number of aromatic nitrogens is 2. The topological polar surface area (TPSA) is 62.6 Å². The lowest BCUT2D eigenvalue weighted by Crippen LogP contribution is -2.49. The van der Waals surface area contributed by atoms with Crippen molar-refractivity contribution in [1.82, 2.24) is 14.7 Å². The Morgan fingerprint density at radius 2 is 1.71 bits per heavy atom. The minimum Gasteiger partial charge on any atom is -0.497 e. The number of benzene rings is 2. The van der Waals surface area contributed by atoms with E-state index in [1.165, 1.54) is 13.2 Å². The monoisotopic (exact) mass is 485 g/mol. The summed E-state index contributed by atoms with van der Waals surface area (Å²) in [6.45, 7) is 2.24. The summed E-state index contributed by atoms with van der Waals surface area (Å²) in [7, 11) is 1.53. The summed E-state index contributed by atoms with van der Waals surface area (Å²) >= 11 is 0. The van der Waals surface area contributed by atoms with Gasteiger partial charge in [0.15, 0.2) is 11.7 Å². The normalized spacial score (nSPS) is 20.2. The number of alkyl halides is 3. The highest BCUT2D eigenvalue weighted by Crippen LogP contribution is 2.43. The number of rotatable bonds is 4. The van der Waals surface area contributed by atoms with Crippen LogP contribution in [0.5, 0.6) is 5.75 Å². The molecular formula is C25H26F3N5O2. The summed E-state index contributed by atoms with van der Waals surface area (Å²) in [5, 5.41) is 7.26.